The van der Waals surface area contributed by atoms with E-state index in [0.717, 1.165) is 44.9 Å². The average Bonchev–Trinajstić information content (AvgIpc) is 2.97. The molecule has 0 radical (unpaired) electrons. The van der Waals surface area contributed by atoms with Crippen molar-refractivity contribution in [2.75, 3.05) is 0 Å². The highest BCUT2D eigenvalue weighted by Crippen LogP contribution is 2.68. The first-order valence-electron chi connectivity index (χ1n) is 11.5. The highest BCUT2D eigenvalue weighted by atomic mass is 32.3. The molecule has 0 aromatic carbocycles. The van der Waals surface area contributed by atoms with Crippen LogP contribution in [0.2, 0.25) is 0 Å². The first-order chi connectivity index (χ1) is 14.2. The molecule has 10 heteroatoms. The summed E-state index contributed by atoms with van der Waals surface area (Å²) in [5, 5.41) is 0. The highest BCUT2D eigenvalue weighted by Gasteiger charge is 2.61. The molecule has 8 nitrogen and oxygen atoms in total. The van der Waals surface area contributed by atoms with E-state index in [-0.39, 0.29) is 16.7 Å². The molecule has 4 aliphatic carbocycles. The normalized spacial score (nSPS) is 46.6. The van der Waals surface area contributed by atoms with E-state index in [4.69, 9.17) is 8.37 Å². The second-order valence-electron chi connectivity index (χ2n) is 11.0. The van der Waals surface area contributed by atoms with Gasteiger partial charge >= 0.3 is 0 Å². The van der Waals surface area contributed by atoms with Crippen molar-refractivity contribution in [3.8, 4) is 0 Å². The van der Waals surface area contributed by atoms with E-state index in [2.05, 4.69) is 13.8 Å². The standard InChI is InChI=1S/C21H36O8S2/c1-13(28-30(22,23)24)17-6-7-18-16-5-4-14-12-15(29-31(25,26)27)8-10-20(14,2)19(16)9-11-21(17,18)3/h13-19H,4-12H2,1-3H3,(H,22,23,24)(H,25,26,27)/p-2/t13?,14-,15-,16-,17+,18-,19-,20-,21+/m0/s1. The molecule has 4 rings (SSSR count). The molecule has 4 saturated carbocycles. The van der Waals surface area contributed by atoms with Crippen molar-refractivity contribution in [3.05, 3.63) is 0 Å². The Labute approximate surface area is 186 Å². The lowest BCUT2D eigenvalue weighted by atomic mass is 9.44. The van der Waals surface area contributed by atoms with Gasteiger partial charge < -0.3 is 9.11 Å². The molecule has 0 aliphatic heterocycles. The maximum absolute atomic E-state index is 11.2. The predicted molar refractivity (Wildman–Crippen MR) is 110 cm³/mol. The van der Waals surface area contributed by atoms with Crippen LogP contribution in [0.3, 0.4) is 0 Å². The van der Waals surface area contributed by atoms with Crippen LogP contribution >= 0.6 is 0 Å². The van der Waals surface area contributed by atoms with E-state index in [1.165, 1.54) is 0 Å². The quantitative estimate of drug-likeness (QED) is 0.434. The van der Waals surface area contributed by atoms with Gasteiger partial charge in [0.05, 0.1) is 12.2 Å². The zero-order valence-corrected chi connectivity index (χ0v) is 20.1. The third-order valence-corrected chi connectivity index (χ3v) is 10.8. The van der Waals surface area contributed by atoms with Gasteiger partial charge in [0, 0.05) is 0 Å². The molecule has 1 unspecified atom stereocenters. The van der Waals surface area contributed by atoms with E-state index in [1.807, 2.05) is 0 Å². The fourth-order valence-corrected chi connectivity index (χ4v) is 9.55. The first-order valence-corrected chi connectivity index (χ1v) is 14.2. The lowest BCUT2D eigenvalue weighted by Crippen LogP contribution is -2.54. The average molecular weight is 479 g/mol. The van der Waals surface area contributed by atoms with Crippen LogP contribution in [0.25, 0.3) is 0 Å². The lowest BCUT2D eigenvalue weighted by Gasteiger charge is -2.61. The van der Waals surface area contributed by atoms with E-state index in [1.54, 1.807) is 6.92 Å². The zero-order chi connectivity index (χ0) is 22.8. The summed E-state index contributed by atoms with van der Waals surface area (Å²) in [5.74, 6) is 1.96. The maximum Gasteiger partial charge on any atom is 0.217 e. The fraction of sp³-hybridized carbons (Fsp3) is 1.00. The summed E-state index contributed by atoms with van der Waals surface area (Å²) in [6, 6.07) is 0. The van der Waals surface area contributed by atoms with Gasteiger partial charge in [-0.1, -0.05) is 13.8 Å². The lowest BCUT2D eigenvalue weighted by molar-refractivity contribution is -0.129. The third kappa shape index (κ3) is 4.45. The van der Waals surface area contributed by atoms with Crippen molar-refractivity contribution in [2.24, 2.45) is 40.4 Å². The van der Waals surface area contributed by atoms with E-state index in [0.29, 0.717) is 36.5 Å². The van der Waals surface area contributed by atoms with Gasteiger partial charge in [0.15, 0.2) is 0 Å². The third-order valence-electron chi connectivity index (χ3n) is 9.78. The smallest absolute Gasteiger partial charge is 0.217 e. The minimum Gasteiger partial charge on any atom is -0.726 e. The molecular weight excluding hydrogens is 444 g/mol. The van der Waals surface area contributed by atoms with Crippen LogP contribution in [-0.4, -0.2) is 38.1 Å². The Kier molecular flexibility index (Phi) is 6.09. The van der Waals surface area contributed by atoms with Crippen molar-refractivity contribution in [1.29, 1.82) is 0 Å². The van der Waals surface area contributed by atoms with E-state index in [9.17, 15) is 25.9 Å². The molecule has 0 bridgehead atoms. The van der Waals surface area contributed by atoms with E-state index >= 15 is 0 Å². The Morgan fingerprint density at radius 2 is 1.48 bits per heavy atom. The second-order valence-corrected chi connectivity index (χ2v) is 13.0. The Balaban J connectivity index is 1.50. The van der Waals surface area contributed by atoms with Crippen LogP contribution in [-0.2, 0) is 29.2 Å². The van der Waals surface area contributed by atoms with Gasteiger partial charge in [-0.2, -0.15) is 0 Å². The SMILES string of the molecule is CC(OS(=O)(=O)[O-])[C@H]1CC[C@H]2[C@@H]3CC[C@H]4C[C@@H](OS(=O)(=O)[O-])CC[C@]4(C)[C@H]3CC[C@]12C. The van der Waals surface area contributed by atoms with Crippen LogP contribution in [0, 0.1) is 40.4 Å². The summed E-state index contributed by atoms with van der Waals surface area (Å²) in [4.78, 5) is 0. The van der Waals surface area contributed by atoms with Crippen LogP contribution in [0.4, 0.5) is 0 Å². The Morgan fingerprint density at radius 3 is 2.13 bits per heavy atom. The van der Waals surface area contributed by atoms with Gasteiger partial charge in [0.1, 0.15) is 0 Å². The van der Waals surface area contributed by atoms with Crippen LogP contribution in [0.15, 0.2) is 0 Å². The summed E-state index contributed by atoms with van der Waals surface area (Å²) >= 11 is 0. The predicted octanol–water partition coefficient (Wildman–Crippen LogP) is 3.36. The zero-order valence-electron chi connectivity index (χ0n) is 18.5. The van der Waals surface area contributed by atoms with Crippen molar-refractivity contribution in [2.45, 2.75) is 90.8 Å². The number of rotatable bonds is 5. The molecule has 180 valence electrons. The van der Waals surface area contributed by atoms with Crippen LogP contribution < -0.4 is 0 Å². The highest BCUT2D eigenvalue weighted by molar-refractivity contribution is 7.81. The Bertz CT molecular complexity index is 902. The Morgan fingerprint density at radius 1 is 0.839 bits per heavy atom. The molecule has 0 aromatic rings. The van der Waals surface area contributed by atoms with Gasteiger partial charge in [-0.3, -0.25) is 8.37 Å². The van der Waals surface area contributed by atoms with Gasteiger partial charge in [-0.25, -0.2) is 16.8 Å². The topological polar surface area (TPSA) is 133 Å². The summed E-state index contributed by atoms with van der Waals surface area (Å²) in [7, 11) is -9.40. The van der Waals surface area contributed by atoms with Crippen molar-refractivity contribution in [1.82, 2.24) is 0 Å². The van der Waals surface area contributed by atoms with Gasteiger partial charge in [-0.05, 0) is 105 Å². The summed E-state index contributed by atoms with van der Waals surface area (Å²) in [6.07, 6.45) is 6.94. The van der Waals surface area contributed by atoms with Crippen molar-refractivity contribution < 1.29 is 34.3 Å². The van der Waals surface area contributed by atoms with Crippen molar-refractivity contribution in [3.63, 3.8) is 0 Å². The minimum absolute atomic E-state index is 0.0363. The fourth-order valence-electron chi connectivity index (χ4n) is 8.54. The largest absolute Gasteiger partial charge is 0.726 e. The first kappa shape index (κ1) is 23.9. The molecule has 0 spiro atoms. The maximum atomic E-state index is 11.2. The molecule has 9 atom stereocenters. The molecule has 0 amide bonds. The molecule has 0 aromatic heterocycles. The minimum atomic E-state index is -4.72. The number of hydrogen-bond donors (Lipinski definition) is 0. The van der Waals surface area contributed by atoms with Gasteiger partial charge in [-0.15, -0.1) is 0 Å². The summed E-state index contributed by atoms with van der Waals surface area (Å²) < 4.78 is 76.3. The summed E-state index contributed by atoms with van der Waals surface area (Å²) in [5.41, 5.74) is 0.0702. The molecule has 31 heavy (non-hydrogen) atoms. The second kappa shape index (κ2) is 7.91. The molecule has 4 aliphatic rings. The van der Waals surface area contributed by atoms with Gasteiger partial charge in [0.25, 0.3) is 0 Å². The summed E-state index contributed by atoms with van der Waals surface area (Å²) in [6.45, 7) is 6.30. The molecule has 0 N–H and O–H groups in total. The van der Waals surface area contributed by atoms with Crippen LogP contribution in [0.5, 0.6) is 0 Å². The number of fused-ring (bicyclic) bond motifs is 5. The van der Waals surface area contributed by atoms with E-state index < -0.39 is 33.0 Å². The van der Waals surface area contributed by atoms with Crippen molar-refractivity contribution >= 4 is 20.8 Å². The molecule has 0 saturated heterocycles. The molecular formula is C21H34O8S2-2. The number of hydrogen-bond acceptors (Lipinski definition) is 8. The monoisotopic (exact) mass is 478 g/mol. The molecule has 0 heterocycles. The van der Waals surface area contributed by atoms with Gasteiger partial charge in [0.2, 0.25) is 20.8 Å². The van der Waals surface area contributed by atoms with Crippen LogP contribution in [0.1, 0.15) is 78.6 Å². The molecule has 4 fully saturated rings. The Hall–Kier alpha value is -0.260.